The molecule has 0 saturated heterocycles. The number of nitrogens with one attached hydrogen (secondary N) is 2. The minimum atomic E-state index is -3.87. The molecule has 0 unspecified atom stereocenters. The number of ether oxygens (including phenoxy) is 1. The molecule has 31 heavy (non-hydrogen) atoms. The highest BCUT2D eigenvalue weighted by Gasteiger charge is 2.15. The Morgan fingerprint density at radius 3 is 1.77 bits per heavy atom. The average molecular weight is 520 g/mol. The van der Waals surface area contributed by atoms with Gasteiger partial charge in [-0.25, -0.2) is 8.42 Å². The Balaban J connectivity index is 1.60. The van der Waals surface area contributed by atoms with Gasteiger partial charge in [-0.05, 0) is 60.7 Å². The molecule has 0 fully saturated rings. The van der Waals surface area contributed by atoms with E-state index in [1.807, 2.05) is 0 Å². The number of carbonyl (C=O) groups is 1. The van der Waals surface area contributed by atoms with Crippen LogP contribution < -0.4 is 14.8 Å². The predicted molar refractivity (Wildman–Crippen MR) is 124 cm³/mol. The Bertz CT molecular complexity index is 1180. The summed E-state index contributed by atoms with van der Waals surface area (Å²) in [5, 5.41) is 3.97. The lowest BCUT2D eigenvalue weighted by Crippen LogP contribution is -2.20. The van der Waals surface area contributed by atoms with Gasteiger partial charge in [-0.1, -0.05) is 46.4 Å². The topological polar surface area (TPSA) is 84.5 Å². The van der Waals surface area contributed by atoms with E-state index >= 15 is 0 Å². The molecule has 1 amide bonds. The number of benzene rings is 3. The molecule has 6 nitrogen and oxygen atoms in total. The van der Waals surface area contributed by atoms with Gasteiger partial charge in [0.25, 0.3) is 15.9 Å². The summed E-state index contributed by atoms with van der Waals surface area (Å²) in [6.45, 7) is -0.296. The second-order valence-electron chi connectivity index (χ2n) is 6.23. The summed E-state index contributed by atoms with van der Waals surface area (Å²) in [5.41, 5.74) is 0.662. The maximum atomic E-state index is 12.5. The molecule has 0 bridgehead atoms. The van der Waals surface area contributed by atoms with Crippen LogP contribution in [0.5, 0.6) is 5.75 Å². The molecule has 0 saturated carbocycles. The van der Waals surface area contributed by atoms with Crippen LogP contribution in [0, 0.1) is 0 Å². The highest BCUT2D eigenvalue weighted by molar-refractivity contribution is 7.92. The number of amides is 1. The van der Waals surface area contributed by atoms with Gasteiger partial charge in [-0.15, -0.1) is 0 Å². The van der Waals surface area contributed by atoms with Crippen molar-refractivity contribution in [2.45, 2.75) is 4.90 Å². The molecule has 0 spiro atoms. The standard InChI is InChI=1S/C20H14Cl4N2O4S/c21-12-5-13(22)8-16(7-12)25-20(27)11-30-18-1-3-19(4-2-18)31(28,29)26-17-9-14(23)6-15(24)10-17/h1-10,26H,11H2,(H,25,27). The van der Waals surface area contributed by atoms with Crippen LogP contribution in [0.3, 0.4) is 0 Å². The van der Waals surface area contributed by atoms with Crippen LogP contribution in [0.15, 0.2) is 65.6 Å². The van der Waals surface area contributed by atoms with Gasteiger partial charge in [-0.3, -0.25) is 9.52 Å². The van der Waals surface area contributed by atoms with E-state index in [-0.39, 0.29) is 17.2 Å². The molecule has 0 aromatic heterocycles. The van der Waals surface area contributed by atoms with Gasteiger partial charge >= 0.3 is 0 Å². The van der Waals surface area contributed by atoms with Crippen LogP contribution in [-0.4, -0.2) is 20.9 Å². The smallest absolute Gasteiger partial charge is 0.262 e. The SMILES string of the molecule is O=C(COc1ccc(S(=O)(=O)Nc2cc(Cl)cc(Cl)c2)cc1)Nc1cc(Cl)cc(Cl)c1. The normalized spacial score (nSPS) is 11.1. The lowest BCUT2D eigenvalue weighted by atomic mass is 10.3. The number of sulfonamides is 1. The molecule has 0 radical (unpaired) electrons. The molecule has 0 atom stereocenters. The molecule has 3 rings (SSSR count). The first-order valence-corrected chi connectivity index (χ1v) is 11.6. The van der Waals surface area contributed by atoms with Crippen molar-refractivity contribution in [3.63, 3.8) is 0 Å². The van der Waals surface area contributed by atoms with Crippen molar-refractivity contribution in [3.05, 3.63) is 80.8 Å². The van der Waals surface area contributed by atoms with Gasteiger partial charge in [0.05, 0.1) is 10.6 Å². The quantitative estimate of drug-likeness (QED) is 0.394. The van der Waals surface area contributed by atoms with E-state index in [1.54, 1.807) is 18.2 Å². The summed E-state index contributed by atoms with van der Waals surface area (Å²) >= 11 is 23.6. The van der Waals surface area contributed by atoms with Gasteiger partial charge in [0.2, 0.25) is 0 Å². The van der Waals surface area contributed by atoms with Crippen molar-refractivity contribution in [3.8, 4) is 5.75 Å². The van der Waals surface area contributed by atoms with E-state index < -0.39 is 15.9 Å². The number of hydrogen-bond acceptors (Lipinski definition) is 4. The molecule has 0 heterocycles. The summed E-state index contributed by atoms with van der Waals surface area (Å²) in [4.78, 5) is 12.0. The molecular weight excluding hydrogens is 506 g/mol. The van der Waals surface area contributed by atoms with Crippen molar-refractivity contribution >= 4 is 73.7 Å². The van der Waals surface area contributed by atoms with Crippen LogP contribution in [0.4, 0.5) is 11.4 Å². The zero-order valence-corrected chi connectivity index (χ0v) is 19.4. The van der Waals surface area contributed by atoms with Gasteiger partial charge in [0, 0.05) is 25.8 Å². The van der Waals surface area contributed by atoms with Gasteiger partial charge in [0.1, 0.15) is 5.75 Å². The van der Waals surface area contributed by atoms with Gasteiger partial charge < -0.3 is 10.1 Å². The Labute approximate surface area is 199 Å². The summed E-state index contributed by atoms with van der Waals surface area (Å²) in [7, 11) is -3.87. The first-order valence-electron chi connectivity index (χ1n) is 8.58. The molecule has 3 aromatic rings. The van der Waals surface area contributed by atoms with Crippen molar-refractivity contribution in [2.75, 3.05) is 16.6 Å². The van der Waals surface area contributed by atoms with E-state index in [0.29, 0.717) is 31.5 Å². The highest BCUT2D eigenvalue weighted by Crippen LogP contribution is 2.26. The van der Waals surface area contributed by atoms with E-state index in [4.69, 9.17) is 51.1 Å². The lowest BCUT2D eigenvalue weighted by molar-refractivity contribution is -0.118. The van der Waals surface area contributed by atoms with Crippen LogP contribution in [0.2, 0.25) is 20.1 Å². The highest BCUT2D eigenvalue weighted by atomic mass is 35.5. The first kappa shape index (κ1) is 23.5. The summed E-state index contributed by atoms with van der Waals surface area (Å²) in [6.07, 6.45) is 0. The second kappa shape index (κ2) is 9.97. The van der Waals surface area contributed by atoms with E-state index in [1.165, 1.54) is 42.5 Å². The van der Waals surface area contributed by atoms with Crippen LogP contribution in [0.25, 0.3) is 0 Å². The van der Waals surface area contributed by atoms with E-state index in [9.17, 15) is 13.2 Å². The molecule has 2 N–H and O–H groups in total. The first-order chi connectivity index (χ1) is 14.6. The molecule has 0 aliphatic heterocycles. The van der Waals surface area contributed by atoms with Gasteiger partial charge in [-0.2, -0.15) is 0 Å². The van der Waals surface area contributed by atoms with Crippen molar-refractivity contribution < 1.29 is 17.9 Å². The molecule has 11 heteroatoms. The molecule has 3 aromatic carbocycles. The van der Waals surface area contributed by atoms with Crippen molar-refractivity contribution in [1.82, 2.24) is 0 Å². The minimum Gasteiger partial charge on any atom is -0.484 e. The monoisotopic (exact) mass is 518 g/mol. The summed E-state index contributed by atoms with van der Waals surface area (Å²) in [6, 6.07) is 14.6. The number of halogens is 4. The Kier molecular flexibility index (Phi) is 7.56. The average Bonchev–Trinajstić information content (AvgIpc) is 2.64. The number of carbonyl (C=O) groups excluding carboxylic acids is 1. The second-order valence-corrected chi connectivity index (χ2v) is 9.66. The van der Waals surface area contributed by atoms with Gasteiger partial charge in [0.15, 0.2) is 6.61 Å². The van der Waals surface area contributed by atoms with E-state index in [0.717, 1.165) is 0 Å². The predicted octanol–water partition coefficient (Wildman–Crippen LogP) is 6.12. The molecule has 162 valence electrons. The third-order valence-electron chi connectivity index (χ3n) is 3.77. The van der Waals surface area contributed by atoms with Crippen LogP contribution in [0.1, 0.15) is 0 Å². The number of anilines is 2. The summed E-state index contributed by atoms with van der Waals surface area (Å²) < 4.78 is 32.9. The fourth-order valence-corrected chi connectivity index (χ4v) is 4.61. The lowest BCUT2D eigenvalue weighted by Gasteiger charge is -2.11. The third-order valence-corrected chi connectivity index (χ3v) is 6.04. The van der Waals surface area contributed by atoms with Crippen LogP contribution >= 0.6 is 46.4 Å². The maximum Gasteiger partial charge on any atom is 0.262 e. The number of hydrogen-bond donors (Lipinski definition) is 2. The molecule has 0 aliphatic carbocycles. The Hall–Kier alpha value is -2.16. The minimum absolute atomic E-state index is 0.00558. The van der Waals surface area contributed by atoms with E-state index in [2.05, 4.69) is 10.0 Å². The Morgan fingerprint density at radius 1 is 0.774 bits per heavy atom. The van der Waals surface area contributed by atoms with Crippen molar-refractivity contribution in [2.24, 2.45) is 0 Å². The Morgan fingerprint density at radius 2 is 1.26 bits per heavy atom. The maximum absolute atomic E-state index is 12.5. The van der Waals surface area contributed by atoms with Crippen LogP contribution in [-0.2, 0) is 14.8 Å². The largest absolute Gasteiger partial charge is 0.484 e. The molecular formula is C20H14Cl4N2O4S. The number of rotatable bonds is 7. The fraction of sp³-hybridized carbons (Fsp3) is 0.0500. The molecule has 0 aliphatic rings. The fourth-order valence-electron chi connectivity index (χ4n) is 2.51. The summed E-state index contributed by atoms with van der Waals surface area (Å²) in [5.74, 6) is -0.126. The zero-order chi connectivity index (χ0) is 22.6. The third kappa shape index (κ3) is 6.92. The zero-order valence-electron chi connectivity index (χ0n) is 15.5. The van der Waals surface area contributed by atoms with Crippen molar-refractivity contribution in [1.29, 1.82) is 0 Å².